The standard InChI is InChI=1S/C24H26FN3O3/c1-2-17-3-8-22-21(13-17)18(14-24(30)31-22)15-27-9-11-28(12-10-27)16-23(29)26-20-6-4-19(25)5-7-20/h3-8,13-14H,2,9-12,15-16H2,1H3,(H,26,29). The number of carbonyl (C=O) groups is 1. The van der Waals surface area contributed by atoms with Crippen molar-refractivity contribution in [2.24, 2.45) is 0 Å². The van der Waals surface area contributed by atoms with Gasteiger partial charge in [0.05, 0.1) is 6.54 Å². The number of piperazine rings is 1. The summed E-state index contributed by atoms with van der Waals surface area (Å²) in [6, 6.07) is 13.3. The zero-order chi connectivity index (χ0) is 21.8. The van der Waals surface area contributed by atoms with Crippen LogP contribution in [-0.2, 0) is 17.8 Å². The van der Waals surface area contributed by atoms with Crippen LogP contribution in [0.2, 0.25) is 0 Å². The lowest BCUT2D eigenvalue weighted by atomic mass is 10.0. The maximum Gasteiger partial charge on any atom is 0.336 e. The van der Waals surface area contributed by atoms with Crippen molar-refractivity contribution >= 4 is 22.6 Å². The lowest BCUT2D eigenvalue weighted by Gasteiger charge is -2.34. The highest BCUT2D eigenvalue weighted by Crippen LogP contribution is 2.21. The molecule has 7 heteroatoms. The van der Waals surface area contributed by atoms with Crippen molar-refractivity contribution in [3.63, 3.8) is 0 Å². The second kappa shape index (κ2) is 9.41. The monoisotopic (exact) mass is 423 g/mol. The number of rotatable bonds is 6. The summed E-state index contributed by atoms with van der Waals surface area (Å²) in [6.45, 7) is 6.20. The number of nitrogens with one attached hydrogen (secondary N) is 1. The van der Waals surface area contributed by atoms with Crippen molar-refractivity contribution in [1.82, 2.24) is 9.80 Å². The van der Waals surface area contributed by atoms with E-state index < -0.39 is 0 Å². The Balaban J connectivity index is 1.34. The van der Waals surface area contributed by atoms with Gasteiger partial charge >= 0.3 is 5.63 Å². The van der Waals surface area contributed by atoms with Crippen LogP contribution in [0.25, 0.3) is 11.0 Å². The van der Waals surface area contributed by atoms with E-state index in [0.717, 1.165) is 43.5 Å². The molecule has 2 aromatic carbocycles. The van der Waals surface area contributed by atoms with E-state index in [1.165, 1.54) is 17.7 Å². The van der Waals surface area contributed by atoms with Crippen LogP contribution in [0.4, 0.5) is 10.1 Å². The molecular weight excluding hydrogens is 397 g/mol. The molecule has 0 saturated carbocycles. The summed E-state index contributed by atoms with van der Waals surface area (Å²) < 4.78 is 18.3. The number of amides is 1. The van der Waals surface area contributed by atoms with Crippen LogP contribution >= 0.6 is 0 Å². The summed E-state index contributed by atoms with van der Waals surface area (Å²) >= 11 is 0. The van der Waals surface area contributed by atoms with E-state index >= 15 is 0 Å². The zero-order valence-electron chi connectivity index (χ0n) is 17.6. The Bertz CT molecular complexity index is 1120. The van der Waals surface area contributed by atoms with E-state index in [0.29, 0.717) is 24.4 Å². The second-order valence-corrected chi connectivity index (χ2v) is 7.88. The van der Waals surface area contributed by atoms with Crippen molar-refractivity contribution < 1.29 is 13.6 Å². The molecule has 6 nitrogen and oxygen atoms in total. The fourth-order valence-corrected chi connectivity index (χ4v) is 3.91. The van der Waals surface area contributed by atoms with Gasteiger partial charge in [-0.1, -0.05) is 13.0 Å². The first-order valence-corrected chi connectivity index (χ1v) is 10.6. The van der Waals surface area contributed by atoms with Gasteiger partial charge in [0.25, 0.3) is 0 Å². The number of carbonyl (C=O) groups excluding carboxylic acids is 1. The summed E-state index contributed by atoms with van der Waals surface area (Å²) in [5, 5.41) is 3.78. The average Bonchev–Trinajstić information content (AvgIpc) is 2.76. The Hall–Kier alpha value is -3.03. The van der Waals surface area contributed by atoms with Gasteiger partial charge in [0.15, 0.2) is 0 Å². The fraction of sp³-hybridized carbons (Fsp3) is 0.333. The number of halogens is 1. The molecule has 1 aromatic heterocycles. The molecule has 0 spiro atoms. The van der Waals surface area contributed by atoms with E-state index in [9.17, 15) is 14.0 Å². The molecule has 3 aromatic rings. The minimum Gasteiger partial charge on any atom is -0.423 e. The number of hydrogen-bond acceptors (Lipinski definition) is 5. The number of benzene rings is 2. The van der Waals surface area contributed by atoms with E-state index in [1.54, 1.807) is 18.2 Å². The van der Waals surface area contributed by atoms with Crippen LogP contribution in [0.3, 0.4) is 0 Å². The van der Waals surface area contributed by atoms with Crippen molar-refractivity contribution in [1.29, 1.82) is 0 Å². The molecule has 1 aliphatic heterocycles. The quantitative estimate of drug-likeness (QED) is 0.617. The van der Waals surface area contributed by atoms with E-state index in [2.05, 4.69) is 28.1 Å². The second-order valence-electron chi connectivity index (χ2n) is 7.88. The molecule has 0 aliphatic carbocycles. The maximum absolute atomic E-state index is 13.0. The first kappa shape index (κ1) is 21.2. The van der Waals surface area contributed by atoms with Crippen molar-refractivity contribution in [3.8, 4) is 0 Å². The van der Waals surface area contributed by atoms with Crippen LogP contribution in [0.1, 0.15) is 18.1 Å². The molecule has 2 heterocycles. The fourth-order valence-electron chi connectivity index (χ4n) is 3.91. The van der Waals surface area contributed by atoms with Crippen LogP contribution in [0, 0.1) is 5.82 Å². The number of fused-ring (bicyclic) bond motifs is 1. The van der Waals surface area contributed by atoms with Crippen molar-refractivity contribution in [2.45, 2.75) is 19.9 Å². The van der Waals surface area contributed by atoms with Gasteiger partial charge in [-0.15, -0.1) is 0 Å². The first-order valence-electron chi connectivity index (χ1n) is 10.6. The third-order valence-electron chi connectivity index (χ3n) is 5.65. The van der Waals surface area contributed by atoms with E-state index in [-0.39, 0.29) is 17.3 Å². The van der Waals surface area contributed by atoms with Crippen molar-refractivity contribution in [2.75, 3.05) is 38.0 Å². The number of nitrogens with zero attached hydrogens (tertiary/aromatic N) is 2. The molecule has 4 rings (SSSR count). The van der Waals surface area contributed by atoms with Gasteiger partial charge in [-0.2, -0.15) is 0 Å². The minimum atomic E-state index is -0.331. The van der Waals surface area contributed by atoms with Crippen LogP contribution in [-0.4, -0.2) is 48.4 Å². The van der Waals surface area contributed by atoms with Gasteiger partial charge < -0.3 is 9.73 Å². The molecule has 0 radical (unpaired) electrons. The summed E-state index contributed by atoms with van der Waals surface area (Å²) in [6.07, 6.45) is 0.924. The molecular formula is C24H26FN3O3. The predicted octanol–water partition coefficient (Wildman–Crippen LogP) is 3.25. The predicted molar refractivity (Wildman–Crippen MR) is 119 cm³/mol. The Labute approximate surface area is 180 Å². The topological polar surface area (TPSA) is 65.8 Å². The van der Waals surface area contributed by atoms with E-state index in [4.69, 9.17) is 4.42 Å². The maximum atomic E-state index is 13.0. The number of anilines is 1. The van der Waals surface area contributed by atoms with Gasteiger partial charge in [0.2, 0.25) is 5.91 Å². The summed E-state index contributed by atoms with van der Waals surface area (Å²) in [5.41, 5.74) is 3.06. The van der Waals surface area contributed by atoms with Crippen LogP contribution < -0.4 is 10.9 Å². The van der Waals surface area contributed by atoms with E-state index in [1.807, 2.05) is 12.1 Å². The average molecular weight is 423 g/mol. The molecule has 31 heavy (non-hydrogen) atoms. The summed E-state index contributed by atoms with van der Waals surface area (Å²) in [4.78, 5) is 28.7. The van der Waals surface area contributed by atoms with Crippen LogP contribution in [0.5, 0.6) is 0 Å². The number of aryl methyl sites for hydroxylation is 1. The molecule has 162 valence electrons. The highest BCUT2D eigenvalue weighted by molar-refractivity contribution is 5.92. The summed E-state index contributed by atoms with van der Waals surface area (Å²) in [7, 11) is 0. The molecule has 0 bridgehead atoms. The minimum absolute atomic E-state index is 0.112. The molecule has 0 unspecified atom stereocenters. The Morgan fingerprint density at radius 1 is 1.03 bits per heavy atom. The smallest absolute Gasteiger partial charge is 0.336 e. The van der Waals surface area contributed by atoms with Gasteiger partial charge in [0.1, 0.15) is 11.4 Å². The molecule has 1 fully saturated rings. The first-order chi connectivity index (χ1) is 15.0. The van der Waals surface area contributed by atoms with Gasteiger partial charge in [-0.05, 0) is 53.9 Å². The molecule has 1 saturated heterocycles. The lowest BCUT2D eigenvalue weighted by molar-refractivity contribution is -0.117. The van der Waals surface area contributed by atoms with Gasteiger partial charge in [0, 0.05) is 49.9 Å². The lowest BCUT2D eigenvalue weighted by Crippen LogP contribution is -2.48. The highest BCUT2D eigenvalue weighted by atomic mass is 19.1. The third kappa shape index (κ3) is 5.37. The molecule has 1 amide bonds. The van der Waals surface area contributed by atoms with Gasteiger partial charge in [-0.25, -0.2) is 9.18 Å². The highest BCUT2D eigenvalue weighted by Gasteiger charge is 2.20. The van der Waals surface area contributed by atoms with Gasteiger partial charge in [-0.3, -0.25) is 14.6 Å². The molecule has 1 aliphatic rings. The zero-order valence-corrected chi connectivity index (χ0v) is 17.6. The number of hydrogen-bond donors (Lipinski definition) is 1. The third-order valence-corrected chi connectivity index (χ3v) is 5.65. The SMILES string of the molecule is CCc1ccc2oc(=O)cc(CN3CCN(CC(=O)Nc4ccc(F)cc4)CC3)c2c1. The molecule has 0 atom stereocenters. The Kier molecular flexibility index (Phi) is 6.44. The molecule has 1 N–H and O–H groups in total. The summed E-state index contributed by atoms with van der Waals surface area (Å²) in [5.74, 6) is -0.442. The van der Waals surface area contributed by atoms with Crippen LogP contribution in [0.15, 0.2) is 57.7 Å². The largest absolute Gasteiger partial charge is 0.423 e. The normalized spacial score (nSPS) is 15.3. The Morgan fingerprint density at radius 3 is 2.45 bits per heavy atom. The Morgan fingerprint density at radius 2 is 1.74 bits per heavy atom. The van der Waals surface area contributed by atoms with Crippen molar-refractivity contribution in [3.05, 3.63) is 75.9 Å².